The van der Waals surface area contributed by atoms with Gasteiger partial charge in [0.1, 0.15) is 6.23 Å². The maximum atomic E-state index is 11.9. The molecule has 0 radical (unpaired) electrons. The van der Waals surface area contributed by atoms with Gasteiger partial charge in [0.15, 0.2) is 0 Å². The summed E-state index contributed by atoms with van der Waals surface area (Å²) < 4.78 is 13.1. The summed E-state index contributed by atoms with van der Waals surface area (Å²) in [4.78, 5) is 15.8. The van der Waals surface area contributed by atoms with Gasteiger partial charge in [0.2, 0.25) is 5.88 Å². The standard InChI is InChI=1S/C12H17IN2O4/c1-2-18-10-5-6-15(12(17)14-10)11-4-3-8(16)9(7-13)19-11/h5-6,8-9,11,16H,2-4,7H2,1H3/t8-,9-,11-/m0/s1. The van der Waals surface area contributed by atoms with Crippen LogP contribution in [0.5, 0.6) is 5.88 Å². The Bertz CT molecular complexity index is 479. The van der Waals surface area contributed by atoms with Gasteiger partial charge in [-0.2, -0.15) is 4.98 Å². The Morgan fingerprint density at radius 3 is 3.05 bits per heavy atom. The molecule has 7 heteroatoms. The molecule has 0 aromatic carbocycles. The first kappa shape index (κ1) is 14.7. The van der Waals surface area contributed by atoms with Crippen molar-refractivity contribution < 1.29 is 14.6 Å². The van der Waals surface area contributed by atoms with E-state index in [4.69, 9.17) is 9.47 Å². The van der Waals surface area contributed by atoms with Crippen LogP contribution in [0.3, 0.4) is 0 Å². The summed E-state index contributed by atoms with van der Waals surface area (Å²) >= 11 is 2.17. The number of alkyl halides is 1. The minimum Gasteiger partial charge on any atom is -0.478 e. The van der Waals surface area contributed by atoms with Gasteiger partial charge in [0, 0.05) is 16.7 Å². The third-order valence-corrected chi connectivity index (χ3v) is 3.90. The lowest BCUT2D eigenvalue weighted by Gasteiger charge is -2.33. The molecule has 0 spiro atoms. The van der Waals surface area contributed by atoms with Gasteiger partial charge in [-0.15, -0.1) is 0 Å². The summed E-state index contributed by atoms with van der Waals surface area (Å²) in [5.74, 6) is 0.324. The van der Waals surface area contributed by atoms with Gasteiger partial charge in [-0.3, -0.25) is 4.57 Å². The lowest BCUT2D eigenvalue weighted by molar-refractivity contribution is -0.135. The van der Waals surface area contributed by atoms with Crippen LogP contribution >= 0.6 is 22.6 Å². The van der Waals surface area contributed by atoms with Crippen molar-refractivity contribution in [3.05, 3.63) is 22.7 Å². The predicted molar refractivity (Wildman–Crippen MR) is 77.7 cm³/mol. The molecule has 3 atom stereocenters. The zero-order chi connectivity index (χ0) is 13.8. The van der Waals surface area contributed by atoms with Crippen molar-refractivity contribution >= 4 is 22.6 Å². The van der Waals surface area contributed by atoms with Crippen LogP contribution in [-0.4, -0.2) is 37.9 Å². The van der Waals surface area contributed by atoms with Crippen LogP contribution in [0.15, 0.2) is 17.1 Å². The maximum absolute atomic E-state index is 11.9. The summed E-state index contributed by atoms with van der Waals surface area (Å²) in [7, 11) is 0. The first-order valence-electron chi connectivity index (χ1n) is 6.27. The third-order valence-electron chi connectivity index (χ3n) is 3.03. The Morgan fingerprint density at radius 2 is 2.42 bits per heavy atom. The van der Waals surface area contributed by atoms with Gasteiger partial charge in [0.05, 0.1) is 18.8 Å². The van der Waals surface area contributed by atoms with Gasteiger partial charge in [-0.05, 0) is 19.8 Å². The summed E-state index contributed by atoms with van der Waals surface area (Å²) in [6.07, 6.45) is 1.80. The van der Waals surface area contributed by atoms with E-state index >= 15 is 0 Å². The van der Waals surface area contributed by atoms with E-state index in [1.807, 2.05) is 6.92 Å². The molecule has 1 fully saturated rings. The van der Waals surface area contributed by atoms with Crippen LogP contribution in [0, 0.1) is 0 Å². The number of aliphatic hydroxyl groups excluding tert-OH is 1. The number of rotatable bonds is 4. The topological polar surface area (TPSA) is 73.6 Å². The molecule has 1 aliphatic heterocycles. The van der Waals surface area contributed by atoms with Gasteiger partial charge in [-0.1, -0.05) is 22.6 Å². The zero-order valence-electron chi connectivity index (χ0n) is 10.7. The average molecular weight is 380 g/mol. The molecule has 1 aromatic heterocycles. The summed E-state index contributed by atoms with van der Waals surface area (Å²) in [5, 5.41) is 9.76. The minimum absolute atomic E-state index is 0.238. The van der Waals surface area contributed by atoms with E-state index in [1.54, 1.807) is 12.3 Å². The van der Waals surface area contributed by atoms with E-state index in [-0.39, 0.29) is 18.0 Å². The molecule has 0 aliphatic carbocycles. The van der Waals surface area contributed by atoms with Crippen molar-refractivity contribution in [1.29, 1.82) is 0 Å². The van der Waals surface area contributed by atoms with Crippen molar-refractivity contribution in [2.24, 2.45) is 0 Å². The Kier molecular flexibility index (Phi) is 5.17. The van der Waals surface area contributed by atoms with E-state index < -0.39 is 6.10 Å². The van der Waals surface area contributed by atoms with Crippen LogP contribution < -0.4 is 10.4 Å². The minimum atomic E-state index is -0.459. The zero-order valence-corrected chi connectivity index (χ0v) is 12.8. The molecule has 0 bridgehead atoms. The molecule has 2 rings (SSSR count). The molecule has 1 aromatic rings. The largest absolute Gasteiger partial charge is 0.478 e. The second-order valence-electron chi connectivity index (χ2n) is 4.32. The van der Waals surface area contributed by atoms with Crippen molar-refractivity contribution in [3.8, 4) is 5.88 Å². The van der Waals surface area contributed by atoms with Gasteiger partial charge in [0.25, 0.3) is 0 Å². The molecule has 6 nitrogen and oxygen atoms in total. The first-order chi connectivity index (χ1) is 9.15. The predicted octanol–water partition coefficient (Wildman–Crippen LogP) is 1.12. The number of hydrogen-bond donors (Lipinski definition) is 1. The van der Waals surface area contributed by atoms with Crippen LogP contribution in [0.4, 0.5) is 0 Å². The fraction of sp³-hybridized carbons (Fsp3) is 0.667. The SMILES string of the molecule is CCOc1ccn([C@@H]2CC[C@H](O)[C@H](CI)O2)c(=O)n1. The molecule has 1 saturated heterocycles. The molecule has 106 valence electrons. The Hall–Kier alpha value is -0.670. The Balaban J connectivity index is 2.16. The van der Waals surface area contributed by atoms with Gasteiger partial charge >= 0.3 is 5.69 Å². The van der Waals surface area contributed by atoms with Crippen molar-refractivity contribution in [2.45, 2.75) is 38.2 Å². The van der Waals surface area contributed by atoms with E-state index in [2.05, 4.69) is 27.6 Å². The highest BCUT2D eigenvalue weighted by atomic mass is 127. The van der Waals surface area contributed by atoms with Crippen molar-refractivity contribution in [2.75, 3.05) is 11.0 Å². The monoisotopic (exact) mass is 380 g/mol. The molecule has 0 saturated carbocycles. The second kappa shape index (κ2) is 6.67. The fourth-order valence-corrected chi connectivity index (χ4v) is 2.84. The van der Waals surface area contributed by atoms with E-state index in [0.717, 1.165) is 0 Å². The summed E-state index contributed by atoms with van der Waals surface area (Å²) in [6.45, 7) is 2.31. The molecule has 1 aliphatic rings. The van der Waals surface area contributed by atoms with Gasteiger partial charge in [-0.25, -0.2) is 4.79 Å². The Morgan fingerprint density at radius 1 is 1.63 bits per heavy atom. The lowest BCUT2D eigenvalue weighted by atomic mass is 10.1. The third kappa shape index (κ3) is 3.46. The first-order valence-corrected chi connectivity index (χ1v) is 7.79. The molecule has 0 unspecified atom stereocenters. The van der Waals surface area contributed by atoms with Crippen molar-refractivity contribution in [3.63, 3.8) is 0 Å². The van der Waals surface area contributed by atoms with Crippen LogP contribution in [0.1, 0.15) is 26.0 Å². The van der Waals surface area contributed by atoms with E-state index in [9.17, 15) is 9.90 Å². The highest BCUT2D eigenvalue weighted by molar-refractivity contribution is 14.1. The normalized spacial score (nSPS) is 27.2. The quantitative estimate of drug-likeness (QED) is 0.626. The molecule has 1 N–H and O–H groups in total. The second-order valence-corrected chi connectivity index (χ2v) is 5.20. The number of aromatic nitrogens is 2. The fourth-order valence-electron chi connectivity index (χ4n) is 2.05. The number of halogens is 1. The van der Waals surface area contributed by atoms with Gasteiger partial charge < -0.3 is 14.6 Å². The molecule has 2 heterocycles. The lowest BCUT2D eigenvalue weighted by Crippen LogP contribution is -2.41. The number of aliphatic hydroxyl groups is 1. The van der Waals surface area contributed by atoms with E-state index in [0.29, 0.717) is 29.8 Å². The molecular weight excluding hydrogens is 363 g/mol. The summed E-state index contributed by atoms with van der Waals surface area (Å²) in [5.41, 5.74) is -0.389. The number of ether oxygens (including phenoxy) is 2. The number of hydrogen-bond acceptors (Lipinski definition) is 5. The van der Waals surface area contributed by atoms with Crippen LogP contribution in [0.25, 0.3) is 0 Å². The number of nitrogens with zero attached hydrogens (tertiary/aromatic N) is 2. The van der Waals surface area contributed by atoms with Crippen molar-refractivity contribution in [1.82, 2.24) is 9.55 Å². The molecular formula is C12H17IN2O4. The van der Waals surface area contributed by atoms with Crippen LogP contribution in [0.2, 0.25) is 0 Å². The summed E-state index contributed by atoms with van der Waals surface area (Å²) in [6, 6.07) is 1.65. The smallest absolute Gasteiger partial charge is 0.352 e. The highest BCUT2D eigenvalue weighted by Crippen LogP contribution is 2.27. The molecule has 19 heavy (non-hydrogen) atoms. The molecule has 0 amide bonds. The highest BCUT2D eigenvalue weighted by Gasteiger charge is 2.30. The van der Waals surface area contributed by atoms with E-state index in [1.165, 1.54) is 4.57 Å². The average Bonchev–Trinajstić information content (AvgIpc) is 2.40. The van der Waals surface area contributed by atoms with Crippen LogP contribution in [-0.2, 0) is 4.74 Å². The Labute approximate surface area is 124 Å². The maximum Gasteiger partial charge on any atom is 0.352 e.